The fraction of sp³-hybridized carbons (Fsp3) is 0. The van der Waals surface area contributed by atoms with Crippen LogP contribution in [0.4, 0.5) is 4.79 Å². The van der Waals surface area contributed by atoms with E-state index in [1.165, 1.54) is 17.1 Å². The van der Waals surface area contributed by atoms with Crippen molar-refractivity contribution < 1.29 is 9.53 Å². The molecular weight excluding hydrogens is 276 g/mol. The Labute approximate surface area is 126 Å². The maximum atomic E-state index is 12.0. The van der Waals surface area contributed by atoms with Crippen LogP contribution in [-0.4, -0.2) is 15.6 Å². The maximum absolute atomic E-state index is 12.0. The average Bonchev–Trinajstić information content (AvgIpc) is 3.09. The molecule has 1 heterocycles. The van der Waals surface area contributed by atoms with Crippen LogP contribution in [-0.2, 0) is 0 Å². The van der Waals surface area contributed by atoms with E-state index in [1.807, 2.05) is 24.3 Å². The number of benzene rings is 3. The first-order valence-electron chi connectivity index (χ1n) is 6.93. The molecule has 22 heavy (non-hydrogen) atoms. The van der Waals surface area contributed by atoms with Crippen molar-refractivity contribution in [2.75, 3.05) is 0 Å². The molecule has 0 saturated heterocycles. The van der Waals surface area contributed by atoms with E-state index in [4.69, 9.17) is 4.74 Å². The Morgan fingerprint density at radius 1 is 0.955 bits per heavy atom. The molecule has 0 unspecified atom stereocenters. The van der Waals surface area contributed by atoms with Crippen molar-refractivity contribution in [1.82, 2.24) is 9.55 Å². The molecule has 4 rings (SSSR count). The van der Waals surface area contributed by atoms with Crippen molar-refractivity contribution in [3.63, 3.8) is 0 Å². The van der Waals surface area contributed by atoms with E-state index in [0.717, 1.165) is 21.5 Å². The average molecular weight is 288 g/mol. The predicted molar refractivity (Wildman–Crippen MR) is 85.1 cm³/mol. The van der Waals surface area contributed by atoms with Crippen LogP contribution in [0.15, 0.2) is 73.3 Å². The minimum atomic E-state index is -0.475. The van der Waals surface area contributed by atoms with Crippen LogP contribution < -0.4 is 4.74 Å². The minimum Gasteiger partial charge on any atom is -0.410 e. The molecule has 0 fully saturated rings. The summed E-state index contributed by atoms with van der Waals surface area (Å²) in [6.45, 7) is 0. The molecule has 4 heteroatoms. The minimum absolute atomic E-state index is 0.475. The monoisotopic (exact) mass is 288 g/mol. The van der Waals surface area contributed by atoms with Crippen molar-refractivity contribution in [1.29, 1.82) is 0 Å². The summed E-state index contributed by atoms with van der Waals surface area (Å²) in [4.78, 5) is 15.8. The van der Waals surface area contributed by atoms with E-state index >= 15 is 0 Å². The number of nitrogens with zero attached hydrogens (tertiary/aromatic N) is 2. The van der Waals surface area contributed by atoms with E-state index < -0.39 is 6.09 Å². The van der Waals surface area contributed by atoms with Gasteiger partial charge in [-0.2, -0.15) is 0 Å². The Morgan fingerprint density at radius 2 is 1.73 bits per heavy atom. The number of imidazole rings is 1. The maximum Gasteiger partial charge on any atom is 0.424 e. The zero-order valence-corrected chi connectivity index (χ0v) is 11.6. The molecule has 0 aliphatic carbocycles. The molecule has 0 bridgehead atoms. The first kappa shape index (κ1) is 12.6. The molecule has 0 aliphatic rings. The standard InChI is InChI=1S/C18H12N2O2/c21-18(20-10-9-19-12-20)22-15-8-7-14-6-5-13-3-1-2-4-16(13)17(14)11-15/h1-12H. The summed E-state index contributed by atoms with van der Waals surface area (Å²) in [5.74, 6) is 0.516. The molecular formula is C18H12N2O2. The fourth-order valence-electron chi connectivity index (χ4n) is 2.57. The van der Waals surface area contributed by atoms with Gasteiger partial charge in [0.1, 0.15) is 12.1 Å². The Hall–Kier alpha value is -3.14. The number of fused-ring (bicyclic) bond motifs is 3. The lowest BCUT2D eigenvalue weighted by atomic mass is 10.0. The lowest BCUT2D eigenvalue weighted by Crippen LogP contribution is -2.14. The summed E-state index contributed by atoms with van der Waals surface area (Å²) in [7, 11) is 0. The van der Waals surface area contributed by atoms with Gasteiger partial charge in [0.05, 0.1) is 0 Å². The van der Waals surface area contributed by atoms with Crippen LogP contribution in [0.5, 0.6) is 5.75 Å². The lowest BCUT2D eigenvalue weighted by Gasteiger charge is -2.08. The van der Waals surface area contributed by atoms with Gasteiger partial charge in [0, 0.05) is 12.4 Å². The number of aromatic nitrogens is 2. The van der Waals surface area contributed by atoms with Crippen molar-refractivity contribution in [3.05, 3.63) is 73.3 Å². The zero-order valence-electron chi connectivity index (χ0n) is 11.6. The highest BCUT2D eigenvalue weighted by Gasteiger charge is 2.08. The largest absolute Gasteiger partial charge is 0.424 e. The van der Waals surface area contributed by atoms with E-state index in [-0.39, 0.29) is 0 Å². The quantitative estimate of drug-likeness (QED) is 0.492. The van der Waals surface area contributed by atoms with Gasteiger partial charge in [-0.15, -0.1) is 0 Å². The predicted octanol–water partition coefficient (Wildman–Crippen LogP) is 4.24. The van der Waals surface area contributed by atoms with Crippen molar-refractivity contribution in [3.8, 4) is 5.75 Å². The summed E-state index contributed by atoms with van der Waals surface area (Å²) in [5.41, 5.74) is 0. The second-order valence-electron chi connectivity index (χ2n) is 5.01. The summed E-state index contributed by atoms with van der Waals surface area (Å²) < 4.78 is 6.70. The molecule has 0 spiro atoms. The van der Waals surface area contributed by atoms with Crippen molar-refractivity contribution in [2.24, 2.45) is 0 Å². The third-order valence-electron chi connectivity index (χ3n) is 3.64. The zero-order chi connectivity index (χ0) is 14.9. The van der Waals surface area contributed by atoms with Gasteiger partial charge < -0.3 is 4.74 Å². The smallest absolute Gasteiger partial charge is 0.410 e. The van der Waals surface area contributed by atoms with Crippen LogP contribution in [0.25, 0.3) is 21.5 Å². The third kappa shape index (κ3) is 2.11. The highest BCUT2D eigenvalue weighted by atomic mass is 16.6. The van der Waals surface area contributed by atoms with E-state index in [0.29, 0.717) is 5.75 Å². The Kier molecular flexibility index (Phi) is 2.86. The van der Waals surface area contributed by atoms with Crippen LogP contribution in [0.1, 0.15) is 0 Å². The molecule has 0 saturated carbocycles. The van der Waals surface area contributed by atoms with Gasteiger partial charge in [0.25, 0.3) is 0 Å². The van der Waals surface area contributed by atoms with Crippen molar-refractivity contribution >= 4 is 27.6 Å². The van der Waals surface area contributed by atoms with Crippen LogP contribution in [0.3, 0.4) is 0 Å². The highest BCUT2D eigenvalue weighted by molar-refractivity contribution is 6.07. The van der Waals surface area contributed by atoms with Crippen LogP contribution in [0.2, 0.25) is 0 Å². The lowest BCUT2D eigenvalue weighted by molar-refractivity contribution is 0.202. The summed E-state index contributed by atoms with van der Waals surface area (Å²) >= 11 is 0. The molecule has 3 aromatic carbocycles. The van der Waals surface area contributed by atoms with Gasteiger partial charge in [-0.1, -0.05) is 42.5 Å². The Bertz CT molecular complexity index is 975. The molecule has 0 atom stereocenters. The second kappa shape index (κ2) is 5.00. The Balaban J connectivity index is 1.79. The molecule has 106 valence electrons. The van der Waals surface area contributed by atoms with Gasteiger partial charge >= 0.3 is 6.09 Å². The number of hydrogen-bond acceptors (Lipinski definition) is 3. The first-order valence-corrected chi connectivity index (χ1v) is 6.93. The topological polar surface area (TPSA) is 44.1 Å². The SMILES string of the molecule is O=C(Oc1ccc2ccc3ccccc3c2c1)n1ccnc1. The van der Waals surface area contributed by atoms with Crippen molar-refractivity contribution in [2.45, 2.75) is 0 Å². The van der Waals surface area contributed by atoms with E-state index in [9.17, 15) is 4.79 Å². The molecule has 4 aromatic rings. The molecule has 4 nitrogen and oxygen atoms in total. The highest BCUT2D eigenvalue weighted by Crippen LogP contribution is 2.28. The molecule has 0 aliphatic heterocycles. The fourth-order valence-corrected chi connectivity index (χ4v) is 2.57. The molecule has 0 radical (unpaired) electrons. The summed E-state index contributed by atoms with van der Waals surface area (Å²) in [6, 6.07) is 18.0. The number of ether oxygens (including phenoxy) is 1. The van der Waals surface area contributed by atoms with E-state index in [2.05, 4.69) is 29.2 Å². The van der Waals surface area contributed by atoms with Crippen LogP contribution >= 0.6 is 0 Å². The van der Waals surface area contributed by atoms with Gasteiger partial charge in [-0.25, -0.2) is 14.3 Å². The second-order valence-corrected chi connectivity index (χ2v) is 5.01. The molecule has 0 N–H and O–H groups in total. The first-order chi connectivity index (χ1) is 10.8. The van der Waals surface area contributed by atoms with Gasteiger partial charge in [-0.05, 0) is 33.7 Å². The Morgan fingerprint density at radius 3 is 2.55 bits per heavy atom. The van der Waals surface area contributed by atoms with Gasteiger partial charge in [0.2, 0.25) is 0 Å². The number of hydrogen-bond donors (Lipinski definition) is 0. The number of rotatable bonds is 1. The number of carbonyl (C=O) groups excluding carboxylic acids is 1. The molecule has 1 aromatic heterocycles. The normalized spacial score (nSPS) is 10.9. The third-order valence-corrected chi connectivity index (χ3v) is 3.64. The summed E-state index contributed by atoms with van der Waals surface area (Å²) in [6.07, 6.45) is 4.03. The molecule has 0 amide bonds. The van der Waals surface area contributed by atoms with E-state index in [1.54, 1.807) is 12.3 Å². The van der Waals surface area contributed by atoms with Gasteiger partial charge in [-0.3, -0.25) is 0 Å². The summed E-state index contributed by atoms with van der Waals surface area (Å²) in [5, 5.41) is 4.48. The van der Waals surface area contributed by atoms with Crippen LogP contribution in [0, 0.1) is 0 Å². The number of carbonyl (C=O) groups is 1. The van der Waals surface area contributed by atoms with Gasteiger partial charge in [0.15, 0.2) is 0 Å².